The summed E-state index contributed by atoms with van der Waals surface area (Å²) >= 11 is 0.932. The number of nitrogens with zero attached hydrogens (tertiary/aromatic N) is 2. The summed E-state index contributed by atoms with van der Waals surface area (Å²) < 4.78 is 16.3. The van der Waals surface area contributed by atoms with E-state index in [1.807, 2.05) is 29.0 Å². The topological polar surface area (TPSA) is 42.3 Å². The molecular formula is C24H21FN2O2S. The maximum Gasteiger partial charge on any atom is 0.293 e. The first-order chi connectivity index (χ1) is 14.5. The van der Waals surface area contributed by atoms with Gasteiger partial charge in [0.2, 0.25) is 0 Å². The van der Waals surface area contributed by atoms with Crippen LogP contribution in [-0.4, -0.2) is 27.2 Å². The Morgan fingerprint density at radius 3 is 2.60 bits per heavy atom. The summed E-state index contributed by atoms with van der Waals surface area (Å²) in [5, 5.41) is 0.678. The second-order valence-corrected chi connectivity index (χ2v) is 8.04. The summed E-state index contributed by atoms with van der Waals surface area (Å²) in [5.41, 5.74) is 3.59. The molecule has 1 aliphatic heterocycles. The number of halogens is 1. The Hall–Kier alpha value is -3.12. The summed E-state index contributed by atoms with van der Waals surface area (Å²) in [5.74, 6) is -0.563. The Labute approximate surface area is 178 Å². The number of rotatable bonds is 6. The molecule has 0 radical (unpaired) electrons. The molecule has 1 saturated heterocycles. The number of carbonyl (C=O) groups is 2. The van der Waals surface area contributed by atoms with E-state index < -0.39 is 0 Å². The number of hydrogen-bond acceptors (Lipinski definition) is 3. The maximum atomic E-state index is 14.3. The van der Waals surface area contributed by atoms with Crippen LogP contribution in [0.15, 0.2) is 66.2 Å². The molecule has 1 fully saturated rings. The highest BCUT2D eigenvalue weighted by Crippen LogP contribution is 2.35. The number of amides is 2. The highest BCUT2D eigenvalue weighted by atomic mass is 32.2. The van der Waals surface area contributed by atoms with Crippen molar-refractivity contribution < 1.29 is 14.0 Å². The third-order valence-electron chi connectivity index (χ3n) is 5.16. The van der Waals surface area contributed by atoms with E-state index in [0.717, 1.165) is 40.2 Å². The van der Waals surface area contributed by atoms with Crippen LogP contribution in [0.3, 0.4) is 0 Å². The number of carbonyl (C=O) groups excluding carboxylic acids is 2. The van der Waals surface area contributed by atoms with Gasteiger partial charge in [-0.05, 0) is 35.9 Å². The van der Waals surface area contributed by atoms with E-state index in [1.165, 1.54) is 17.0 Å². The van der Waals surface area contributed by atoms with Crippen molar-refractivity contribution in [1.82, 2.24) is 9.47 Å². The average molecular weight is 421 g/mol. The van der Waals surface area contributed by atoms with E-state index in [-0.39, 0.29) is 23.5 Å². The van der Waals surface area contributed by atoms with E-state index in [1.54, 1.807) is 18.2 Å². The molecule has 0 atom stereocenters. The van der Waals surface area contributed by atoms with Gasteiger partial charge in [-0.3, -0.25) is 14.5 Å². The fourth-order valence-electron chi connectivity index (χ4n) is 3.73. The van der Waals surface area contributed by atoms with Gasteiger partial charge in [0.25, 0.3) is 11.1 Å². The van der Waals surface area contributed by atoms with Gasteiger partial charge in [-0.25, -0.2) is 4.39 Å². The Morgan fingerprint density at radius 1 is 1.10 bits per heavy atom. The molecule has 2 aromatic carbocycles. The van der Waals surface area contributed by atoms with Gasteiger partial charge >= 0.3 is 0 Å². The summed E-state index contributed by atoms with van der Waals surface area (Å²) in [6.07, 6.45) is 6.05. The number of thioether (sulfide) groups is 1. The van der Waals surface area contributed by atoms with Crippen molar-refractivity contribution in [2.75, 3.05) is 6.54 Å². The van der Waals surface area contributed by atoms with Crippen molar-refractivity contribution in [3.05, 3.63) is 88.7 Å². The van der Waals surface area contributed by atoms with Crippen molar-refractivity contribution in [2.24, 2.45) is 0 Å². The van der Waals surface area contributed by atoms with Gasteiger partial charge in [-0.1, -0.05) is 49.4 Å². The van der Waals surface area contributed by atoms with Crippen molar-refractivity contribution in [2.45, 2.75) is 19.9 Å². The molecule has 30 heavy (non-hydrogen) atoms. The Bertz CT molecular complexity index is 1200. The summed E-state index contributed by atoms with van der Waals surface area (Å²) in [6.45, 7) is 6.25. The maximum absolute atomic E-state index is 14.3. The molecule has 6 heteroatoms. The van der Waals surface area contributed by atoms with Crippen molar-refractivity contribution in [3.8, 4) is 0 Å². The zero-order valence-electron chi connectivity index (χ0n) is 16.6. The fraction of sp³-hybridized carbons (Fsp3) is 0.167. The summed E-state index contributed by atoms with van der Waals surface area (Å²) in [6, 6.07) is 12.8. The molecule has 0 unspecified atom stereocenters. The summed E-state index contributed by atoms with van der Waals surface area (Å²) in [7, 11) is 0. The molecule has 0 aliphatic carbocycles. The lowest BCUT2D eigenvalue weighted by atomic mass is 10.1. The van der Waals surface area contributed by atoms with Crippen LogP contribution in [0, 0.1) is 5.82 Å². The number of para-hydroxylation sites is 1. The zero-order chi connectivity index (χ0) is 21.3. The quantitative estimate of drug-likeness (QED) is 0.384. The van der Waals surface area contributed by atoms with E-state index in [4.69, 9.17) is 0 Å². The fourth-order valence-corrected chi connectivity index (χ4v) is 4.57. The van der Waals surface area contributed by atoms with Crippen molar-refractivity contribution in [1.29, 1.82) is 0 Å². The molecule has 0 N–H and O–H groups in total. The average Bonchev–Trinajstić information content (AvgIpc) is 3.22. The van der Waals surface area contributed by atoms with Crippen LogP contribution in [0.4, 0.5) is 9.18 Å². The molecule has 3 aromatic rings. The van der Waals surface area contributed by atoms with E-state index in [2.05, 4.69) is 19.6 Å². The van der Waals surface area contributed by atoms with Gasteiger partial charge in [0.15, 0.2) is 0 Å². The van der Waals surface area contributed by atoms with E-state index in [9.17, 15) is 14.0 Å². The number of hydrogen-bond donors (Lipinski definition) is 0. The molecule has 1 aliphatic rings. The normalized spacial score (nSPS) is 15.5. The highest BCUT2D eigenvalue weighted by molar-refractivity contribution is 8.18. The second kappa shape index (κ2) is 8.32. The lowest BCUT2D eigenvalue weighted by Gasteiger charge is -2.09. The molecule has 152 valence electrons. The van der Waals surface area contributed by atoms with Crippen molar-refractivity contribution >= 4 is 39.9 Å². The summed E-state index contributed by atoms with van der Waals surface area (Å²) in [4.78, 5) is 26.3. The minimum Gasteiger partial charge on any atom is -0.342 e. The number of benzene rings is 2. The number of aromatic nitrogens is 1. The van der Waals surface area contributed by atoms with Gasteiger partial charge in [-0.2, -0.15) is 0 Å². The standard InChI is InChI=1S/C24H21FN2O2S/c1-3-12-27-23(28)21(30-24(27)29)13-18-15-26(14-17-8-5-6-11-20(17)25)22-16(4-2)9-7-10-19(18)22/h3,5-11,13,15H,1,4,12,14H2,2H3/b21-13-. The lowest BCUT2D eigenvalue weighted by Crippen LogP contribution is -2.27. The predicted molar refractivity (Wildman–Crippen MR) is 120 cm³/mol. The molecule has 4 rings (SSSR count). The molecule has 0 saturated carbocycles. The third kappa shape index (κ3) is 3.59. The van der Waals surface area contributed by atoms with Crippen LogP contribution in [0.1, 0.15) is 23.6 Å². The predicted octanol–water partition coefficient (Wildman–Crippen LogP) is 5.61. The van der Waals surface area contributed by atoms with Crippen molar-refractivity contribution in [3.63, 3.8) is 0 Å². The Kier molecular flexibility index (Phi) is 5.59. The van der Waals surface area contributed by atoms with E-state index >= 15 is 0 Å². The third-order valence-corrected chi connectivity index (χ3v) is 6.07. The first-order valence-electron chi connectivity index (χ1n) is 9.74. The largest absolute Gasteiger partial charge is 0.342 e. The van der Waals surface area contributed by atoms with Crippen LogP contribution in [0.5, 0.6) is 0 Å². The van der Waals surface area contributed by atoms with Gasteiger partial charge in [0.05, 0.1) is 17.0 Å². The van der Waals surface area contributed by atoms with Crippen LogP contribution >= 0.6 is 11.8 Å². The number of fused-ring (bicyclic) bond motifs is 1. The first kappa shape index (κ1) is 20.2. The van der Waals surface area contributed by atoms with Crippen LogP contribution in [0.25, 0.3) is 17.0 Å². The van der Waals surface area contributed by atoms with Gasteiger partial charge in [0, 0.05) is 29.3 Å². The first-order valence-corrected chi connectivity index (χ1v) is 10.6. The molecule has 2 amide bonds. The molecule has 1 aromatic heterocycles. The monoisotopic (exact) mass is 420 g/mol. The van der Waals surface area contributed by atoms with Crippen LogP contribution in [-0.2, 0) is 17.8 Å². The highest BCUT2D eigenvalue weighted by Gasteiger charge is 2.34. The van der Waals surface area contributed by atoms with Gasteiger partial charge in [0.1, 0.15) is 5.82 Å². The molecule has 0 spiro atoms. The zero-order valence-corrected chi connectivity index (χ0v) is 17.4. The number of aryl methyl sites for hydroxylation is 1. The van der Waals surface area contributed by atoms with Gasteiger partial charge < -0.3 is 4.57 Å². The smallest absolute Gasteiger partial charge is 0.293 e. The Morgan fingerprint density at radius 2 is 1.87 bits per heavy atom. The minimum absolute atomic E-state index is 0.192. The second-order valence-electron chi connectivity index (χ2n) is 7.05. The minimum atomic E-state index is -0.313. The van der Waals surface area contributed by atoms with Gasteiger partial charge in [-0.15, -0.1) is 6.58 Å². The SMILES string of the molecule is C=CCN1C(=O)S/C(=C\c2cn(Cc3ccccc3F)c3c(CC)cccc23)C1=O. The van der Waals surface area contributed by atoms with E-state index in [0.29, 0.717) is 17.0 Å². The van der Waals surface area contributed by atoms with Crippen LogP contribution < -0.4 is 0 Å². The van der Waals surface area contributed by atoms with Crippen LogP contribution in [0.2, 0.25) is 0 Å². The Balaban J connectivity index is 1.82. The molecule has 0 bridgehead atoms. The lowest BCUT2D eigenvalue weighted by molar-refractivity contribution is -0.122. The molecule has 4 nitrogen and oxygen atoms in total. The molecule has 2 heterocycles. The number of imide groups is 1. The molecular weight excluding hydrogens is 399 g/mol.